The van der Waals surface area contributed by atoms with Gasteiger partial charge in [0.05, 0.1) is 26.7 Å². The summed E-state index contributed by atoms with van der Waals surface area (Å²) in [5, 5.41) is 15.6. The van der Waals surface area contributed by atoms with Crippen molar-refractivity contribution in [1.82, 2.24) is 40.0 Å². The van der Waals surface area contributed by atoms with Crippen molar-refractivity contribution < 1.29 is 62.5 Å². The van der Waals surface area contributed by atoms with Crippen molar-refractivity contribution in [3.8, 4) is 11.5 Å². The number of methoxy groups -OCH3 is 2. The molecule has 82 heavy (non-hydrogen) atoms. The van der Waals surface area contributed by atoms with Crippen molar-refractivity contribution in [3.05, 3.63) is 95.6 Å². The Balaban J connectivity index is 1.67. The number of carbonyl (C=O) groups excluding carboxylic acids is 8. The average molecular weight is 1140 g/mol. The van der Waals surface area contributed by atoms with Crippen LogP contribution in [0.3, 0.4) is 0 Å². The van der Waals surface area contributed by atoms with Crippen LogP contribution in [0.1, 0.15) is 111 Å². The predicted molar refractivity (Wildman–Crippen MR) is 309 cm³/mol. The van der Waals surface area contributed by atoms with Gasteiger partial charge in [0.15, 0.2) is 0 Å². The third-order valence-electron chi connectivity index (χ3n) is 15.1. The minimum absolute atomic E-state index is 0.0597. The zero-order valence-electron chi connectivity index (χ0n) is 50.9. The highest BCUT2D eigenvalue weighted by Crippen LogP contribution is 2.30. The lowest BCUT2D eigenvalue weighted by atomic mass is 9.95. The lowest BCUT2D eigenvalue weighted by Crippen LogP contribution is -2.62. The molecule has 3 N–H and O–H groups in total. The highest BCUT2D eigenvalue weighted by Gasteiger charge is 2.47. The van der Waals surface area contributed by atoms with Crippen molar-refractivity contribution >= 4 is 53.4 Å². The number of rotatable bonds is 25. The summed E-state index contributed by atoms with van der Waals surface area (Å²) >= 11 is 0. The molecule has 4 rings (SSSR count). The average Bonchev–Trinajstić information content (AvgIpc) is 4.12. The monoisotopic (exact) mass is 1140 g/mol. The number of amides is 8. The van der Waals surface area contributed by atoms with Crippen LogP contribution in [0.15, 0.2) is 78.9 Å². The predicted octanol–water partition coefficient (Wildman–Crippen LogP) is 5.63. The maximum Gasteiger partial charge on any atom is 0.408 e. The summed E-state index contributed by atoms with van der Waals surface area (Å²) in [7, 11) is 10.1. The molecule has 1 heterocycles. The summed E-state index contributed by atoms with van der Waals surface area (Å²) in [6, 6.07) is 13.8. The van der Waals surface area contributed by atoms with Crippen LogP contribution >= 0.6 is 0 Å². The maximum absolute atomic E-state index is 15.1. The van der Waals surface area contributed by atoms with E-state index in [0.29, 0.717) is 29.0 Å². The van der Waals surface area contributed by atoms with Gasteiger partial charge in [-0.05, 0) is 99.2 Å². The largest absolute Gasteiger partial charge is 0.497 e. The van der Waals surface area contributed by atoms with Gasteiger partial charge in [-0.1, -0.05) is 96.1 Å². The molecule has 1 fully saturated rings. The SMILES string of the molecule is COc1ccc(C(NC(=O)C[C@@H](C(=O)N(C)C(C)C(=O)O)N(C)C(=O)[C@@H]2CCCN2C(=O)[C@H](C(C)C)N(C)C(=O)C(C(C)C)N(C)C(=O)[C@H](Cc2ccccc2)N(C)C(=O)C(NC(=O)OC(C)(C)C)C(C)C)c2ccc(OC)cc2)cc1. The number of likely N-dealkylation sites (tertiary alicyclic amines) is 1. The van der Waals surface area contributed by atoms with Crippen LogP contribution in [0, 0.1) is 17.8 Å². The van der Waals surface area contributed by atoms with E-state index in [1.165, 1.54) is 76.0 Å². The maximum atomic E-state index is 15.1. The van der Waals surface area contributed by atoms with E-state index in [0.717, 1.165) is 15.4 Å². The van der Waals surface area contributed by atoms with E-state index in [1.54, 1.807) is 111 Å². The van der Waals surface area contributed by atoms with Gasteiger partial charge in [0, 0.05) is 48.2 Å². The Bertz CT molecular complexity index is 2650. The van der Waals surface area contributed by atoms with E-state index in [1.807, 2.05) is 30.3 Å². The smallest absolute Gasteiger partial charge is 0.408 e. The summed E-state index contributed by atoms with van der Waals surface area (Å²) in [4.78, 5) is 136. The van der Waals surface area contributed by atoms with Crippen LogP contribution in [-0.4, -0.2) is 192 Å². The van der Waals surface area contributed by atoms with Crippen molar-refractivity contribution in [1.29, 1.82) is 0 Å². The topological polar surface area (TPSA) is 245 Å². The summed E-state index contributed by atoms with van der Waals surface area (Å²) in [5.41, 5.74) is 1.22. The molecule has 3 aromatic carbocycles. The first-order valence-corrected chi connectivity index (χ1v) is 27.8. The molecule has 0 saturated carbocycles. The van der Waals surface area contributed by atoms with Crippen molar-refractivity contribution in [2.75, 3.05) is 56.0 Å². The minimum atomic E-state index is -1.54. The van der Waals surface area contributed by atoms with Gasteiger partial charge < -0.3 is 59.4 Å². The number of carboxylic acid groups (broad SMARTS) is 1. The van der Waals surface area contributed by atoms with Crippen LogP contribution in [0.4, 0.5) is 4.79 Å². The molecule has 1 aliphatic heterocycles. The Morgan fingerprint density at radius 2 is 1.11 bits per heavy atom. The zero-order valence-corrected chi connectivity index (χ0v) is 50.9. The van der Waals surface area contributed by atoms with E-state index in [9.17, 15) is 33.9 Å². The van der Waals surface area contributed by atoms with E-state index >= 15 is 14.4 Å². The first-order valence-electron chi connectivity index (χ1n) is 27.8. The molecule has 21 nitrogen and oxygen atoms in total. The number of aliphatic carboxylic acids is 1. The fraction of sp³-hybridized carbons (Fsp3) is 0.557. The molecule has 1 aliphatic rings. The number of likely N-dealkylation sites (N-methyl/N-ethyl adjacent to an activating group) is 5. The van der Waals surface area contributed by atoms with Crippen LogP contribution in [0.5, 0.6) is 11.5 Å². The molecule has 21 heteroatoms. The molecule has 0 bridgehead atoms. The molecule has 0 aliphatic carbocycles. The van der Waals surface area contributed by atoms with E-state index in [2.05, 4.69) is 10.6 Å². The first kappa shape index (κ1) is 66.8. The second-order valence-electron chi connectivity index (χ2n) is 23.2. The number of nitrogens with zero attached hydrogens (tertiary/aromatic N) is 6. The highest BCUT2D eigenvalue weighted by atomic mass is 16.6. The minimum Gasteiger partial charge on any atom is -0.497 e. The van der Waals surface area contributed by atoms with Gasteiger partial charge in [-0.2, -0.15) is 0 Å². The van der Waals surface area contributed by atoms with Crippen LogP contribution < -0.4 is 20.1 Å². The van der Waals surface area contributed by atoms with Crippen molar-refractivity contribution in [2.45, 2.75) is 149 Å². The highest BCUT2D eigenvalue weighted by molar-refractivity contribution is 5.98. The first-order chi connectivity index (χ1) is 38.4. The lowest BCUT2D eigenvalue weighted by Gasteiger charge is -2.41. The van der Waals surface area contributed by atoms with E-state index in [4.69, 9.17) is 14.2 Å². The Kier molecular flexibility index (Phi) is 23.9. The second-order valence-corrected chi connectivity index (χ2v) is 23.2. The van der Waals surface area contributed by atoms with Gasteiger partial charge in [0.1, 0.15) is 59.4 Å². The lowest BCUT2D eigenvalue weighted by molar-refractivity contribution is -0.158. The molecule has 1 saturated heterocycles. The van der Waals surface area contributed by atoms with Crippen LogP contribution in [0.25, 0.3) is 0 Å². The number of carboxylic acids is 1. The fourth-order valence-corrected chi connectivity index (χ4v) is 10.2. The molecular formula is C61H88N8O13. The van der Waals surface area contributed by atoms with Gasteiger partial charge in [-0.25, -0.2) is 9.59 Å². The molecular weight excluding hydrogens is 1050 g/mol. The Morgan fingerprint density at radius 3 is 1.57 bits per heavy atom. The standard InChI is InChI=1S/C61H88N8O13/c1-36(2)49(63-60(79)82-61(8,9)10)56(74)66(13)46(34-40-22-19-18-20-23-40)55(73)67(14)51(37(3)4)57(75)68(15)52(38(5)6)58(76)69-33-21-24-45(69)53(71)65(12)47(54(72)64(11)39(7)59(77)78)35-48(70)62-50(41-25-29-43(80-16)30-26-41)42-27-31-44(81-17)32-28-42/h18-20,22-23,25-32,36-39,45-47,49-52H,21,24,33-35H2,1-17H3,(H,62,70)(H,63,79)(H,77,78)/t39?,45-,46-,47-,49?,51?,52-/m0/s1. The Morgan fingerprint density at radius 1 is 0.610 bits per heavy atom. The number of ether oxygens (including phenoxy) is 3. The molecule has 8 amide bonds. The number of hydrogen-bond donors (Lipinski definition) is 3. The zero-order chi connectivity index (χ0) is 61.7. The van der Waals surface area contributed by atoms with E-state index < -0.39 is 132 Å². The Labute approximate surface area is 483 Å². The third kappa shape index (κ3) is 16.9. The molecule has 0 radical (unpaired) electrons. The van der Waals surface area contributed by atoms with E-state index in [-0.39, 0.29) is 19.4 Å². The molecule has 7 atom stereocenters. The number of carbonyl (C=O) groups is 9. The summed E-state index contributed by atoms with van der Waals surface area (Å²) in [6.07, 6.45) is -0.775. The van der Waals surface area contributed by atoms with Gasteiger partial charge >= 0.3 is 12.1 Å². The molecule has 3 unspecified atom stereocenters. The van der Waals surface area contributed by atoms with Crippen LogP contribution in [0.2, 0.25) is 0 Å². The molecule has 450 valence electrons. The van der Waals surface area contributed by atoms with Gasteiger partial charge in [-0.15, -0.1) is 0 Å². The number of benzene rings is 3. The van der Waals surface area contributed by atoms with Crippen molar-refractivity contribution in [3.63, 3.8) is 0 Å². The number of hydrogen-bond acceptors (Lipinski definition) is 12. The van der Waals surface area contributed by atoms with Crippen molar-refractivity contribution in [2.24, 2.45) is 17.8 Å². The number of alkyl carbamates (subject to hydrolysis) is 1. The fourth-order valence-electron chi connectivity index (χ4n) is 10.2. The van der Waals surface area contributed by atoms with Gasteiger partial charge in [-0.3, -0.25) is 33.6 Å². The van der Waals surface area contributed by atoms with Crippen LogP contribution in [-0.2, 0) is 49.5 Å². The second kappa shape index (κ2) is 29.3. The Hall–Kier alpha value is -7.71. The normalized spacial score (nSPS) is 15.6. The quantitative estimate of drug-likeness (QED) is 0.0932. The third-order valence-corrected chi connectivity index (χ3v) is 15.1. The number of nitrogens with one attached hydrogen (secondary N) is 2. The summed E-state index contributed by atoms with van der Waals surface area (Å²) in [6.45, 7) is 17.1. The molecule has 0 spiro atoms. The summed E-state index contributed by atoms with van der Waals surface area (Å²) in [5.74, 6) is -6.03. The summed E-state index contributed by atoms with van der Waals surface area (Å²) < 4.78 is 16.2. The molecule has 0 aromatic heterocycles. The van der Waals surface area contributed by atoms with Gasteiger partial charge in [0.2, 0.25) is 41.4 Å². The molecule has 3 aromatic rings. The van der Waals surface area contributed by atoms with Gasteiger partial charge in [0.25, 0.3) is 0 Å².